The molecule has 0 spiro atoms. The summed E-state index contributed by atoms with van der Waals surface area (Å²) >= 11 is 0. The van der Waals surface area contributed by atoms with Crippen LogP contribution in [-0.2, 0) is 6.42 Å². The molecule has 4 aromatic heterocycles. The molecule has 0 saturated heterocycles. The number of hydrogen-bond donors (Lipinski definition) is 2. The van der Waals surface area contributed by atoms with Crippen molar-refractivity contribution in [2.24, 2.45) is 0 Å². The van der Waals surface area contributed by atoms with Gasteiger partial charge in [-0.25, -0.2) is 9.97 Å². The lowest BCUT2D eigenvalue weighted by Gasteiger charge is -2.11. The van der Waals surface area contributed by atoms with E-state index in [1.807, 2.05) is 24.8 Å². The molecule has 6 heteroatoms. The minimum absolute atomic E-state index is 0.316. The van der Waals surface area contributed by atoms with Gasteiger partial charge in [0.2, 0.25) is 0 Å². The SMILES string of the molecule is CCc1nc2c3cnccc3c3cc(-c4ccc5c(c4)c4ccncc4c4nc(C(C)C)[nH]c54)ccc3c2[nH]1. The number of H-pyrrole nitrogens is 2. The first-order valence-electron chi connectivity index (χ1n) is 13.5. The standard InChI is InChI=1S/C33H26N6/c1-4-28-36-29-22-7-5-18(13-24(22)20-9-11-34-15-26(20)31(29)37-28)19-6-8-23-25(14-19)21-10-12-35-16-27(21)32-30(23)38-33(39-32)17(2)3/h5-17H,4H2,1-3H3,(H,36,37)(H,38,39). The molecule has 0 fully saturated rings. The van der Waals surface area contributed by atoms with Gasteiger partial charge in [0.15, 0.2) is 0 Å². The third-order valence-corrected chi connectivity index (χ3v) is 8.00. The van der Waals surface area contributed by atoms with Gasteiger partial charge in [-0.1, -0.05) is 45.0 Å². The summed E-state index contributed by atoms with van der Waals surface area (Å²) in [4.78, 5) is 25.9. The van der Waals surface area contributed by atoms with Crippen molar-refractivity contribution in [3.8, 4) is 11.1 Å². The maximum atomic E-state index is 4.96. The van der Waals surface area contributed by atoms with E-state index in [4.69, 9.17) is 9.97 Å². The maximum Gasteiger partial charge on any atom is 0.109 e. The van der Waals surface area contributed by atoms with Gasteiger partial charge < -0.3 is 9.97 Å². The summed E-state index contributed by atoms with van der Waals surface area (Å²) in [7, 11) is 0. The fourth-order valence-corrected chi connectivity index (χ4v) is 6.00. The van der Waals surface area contributed by atoms with E-state index in [2.05, 4.69) is 89.2 Å². The molecule has 0 saturated carbocycles. The van der Waals surface area contributed by atoms with E-state index < -0.39 is 0 Å². The van der Waals surface area contributed by atoms with Gasteiger partial charge in [-0.15, -0.1) is 0 Å². The van der Waals surface area contributed by atoms with Crippen molar-refractivity contribution >= 4 is 65.2 Å². The average Bonchev–Trinajstić information content (AvgIpc) is 3.63. The monoisotopic (exact) mass is 506 g/mol. The van der Waals surface area contributed by atoms with Crippen molar-refractivity contribution in [2.75, 3.05) is 0 Å². The molecular weight excluding hydrogens is 480 g/mol. The first-order valence-corrected chi connectivity index (χ1v) is 13.5. The lowest BCUT2D eigenvalue weighted by atomic mass is 9.94. The Labute approximate surface area is 224 Å². The number of aryl methyl sites for hydroxylation is 1. The third kappa shape index (κ3) is 3.15. The number of benzene rings is 4. The first kappa shape index (κ1) is 22.2. The van der Waals surface area contributed by atoms with E-state index in [0.717, 1.165) is 50.9 Å². The Bertz CT molecular complexity index is 2250. The number of nitrogens with one attached hydrogen (secondary N) is 2. The summed E-state index contributed by atoms with van der Waals surface area (Å²) in [6, 6.07) is 17.7. The Morgan fingerprint density at radius 3 is 1.74 bits per heavy atom. The topological polar surface area (TPSA) is 83.1 Å². The quantitative estimate of drug-likeness (QED) is 0.237. The van der Waals surface area contributed by atoms with Crippen molar-refractivity contribution in [2.45, 2.75) is 33.1 Å². The van der Waals surface area contributed by atoms with Crippen LogP contribution < -0.4 is 0 Å². The molecule has 0 bridgehead atoms. The lowest BCUT2D eigenvalue weighted by Crippen LogP contribution is -1.88. The van der Waals surface area contributed by atoms with Crippen LogP contribution in [0.2, 0.25) is 0 Å². The van der Waals surface area contributed by atoms with Gasteiger partial charge >= 0.3 is 0 Å². The molecule has 0 aliphatic heterocycles. The van der Waals surface area contributed by atoms with Gasteiger partial charge in [0, 0.05) is 58.7 Å². The highest BCUT2D eigenvalue weighted by Crippen LogP contribution is 2.39. The van der Waals surface area contributed by atoms with Crippen molar-refractivity contribution in [1.82, 2.24) is 29.9 Å². The van der Waals surface area contributed by atoms with Crippen LogP contribution >= 0.6 is 0 Å². The van der Waals surface area contributed by atoms with Crippen LogP contribution in [0.1, 0.15) is 38.3 Å². The first-order chi connectivity index (χ1) is 19.1. The largest absolute Gasteiger partial charge is 0.341 e. The van der Waals surface area contributed by atoms with Crippen LogP contribution in [0.4, 0.5) is 0 Å². The molecule has 0 atom stereocenters. The molecule has 0 amide bonds. The van der Waals surface area contributed by atoms with E-state index in [-0.39, 0.29) is 0 Å². The zero-order valence-corrected chi connectivity index (χ0v) is 22.0. The van der Waals surface area contributed by atoms with Gasteiger partial charge in [0.05, 0.1) is 22.1 Å². The summed E-state index contributed by atoms with van der Waals surface area (Å²) in [5.41, 5.74) is 6.48. The normalized spacial score (nSPS) is 12.3. The summed E-state index contributed by atoms with van der Waals surface area (Å²) in [5, 5.41) is 9.23. The summed E-state index contributed by atoms with van der Waals surface area (Å²) < 4.78 is 0. The summed E-state index contributed by atoms with van der Waals surface area (Å²) in [6.07, 6.45) is 8.46. The Hall–Kier alpha value is -4.84. The Balaban J connectivity index is 1.41. The van der Waals surface area contributed by atoms with E-state index in [9.17, 15) is 0 Å². The summed E-state index contributed by atoms with van der Waals surface area (Å²) in [6.45, 7) is 6.45. The van der Waals surface area contributed by atoms with Crippen LogP contribution in [0.15, 0.2) is 73.3 Å². The number of pyridine rings is 2. The van der Waals surface area contributed by atoms with Crippen molar-refractivity contribution in [3.63, 3.8) is 0 Å². The number of imidazole rings is 2. The molecular formula is C33H26N6. The van der Waals surface area contributed by atoms with Gasteiger partial charge in [-0.05, 0) is 56.9 Å². The molecule has 6 nitrogen and oxygen atoms in total. The molecule has 188 valence electrons. The zero-order valence-electron chi connectivity index (χ0n) is 22.0. The molecule has 8 aromatic rings. The molecule has 0 aliphatic rings. The third-order valence-electron chi connectivity index (χ3n) is 8.00. The van der Waals surface area contributed by atoms with Crippen LogP contribution in [0.3, 0.4) is 0 Å². The molecule has 8 rings (SSSR count). The highest BCUT2D eigenvalue weighted by atomic mass is 14.9. The second-order valence-electron chi connectivity index (χ2n) is 10.6. The Morgan fingerprint density at radius 1 is 0.615 bits per heavy atom. The van der Waals surface area contributed by atoms with Crippen LogP contribution in [-0.4, -0.2) is 29.9 Å². The number of rotatable bonds is 3. The lowest BCUT2D eigenvalue weighted by molar-refractivity contribution is 0.799. The molecule has 0 unspecified atom stereocenters. The number of aromatic nitrogens is 6. The zero-order chi connectivity index (χ0) is 26.2. The maximum absolute atomic E-state index is 4.96. The fraction of sp³-hybridized carbons (Fsp3) is 0.152. The highest BCUT2D eigenvalue weighted by Gasteiger charge is 2.17. The number of nitrogens with zero attached hydrogens (tertiary/aromatic N) is 4. The van der Waals surface area contributed by atoms with E-state index in [1.54, 1.807) is 0 Å². The van der Waals surface area contributed by atoms with E-state index in [0.29, 0.717) is 5.92 Å². The second-order valence-corrected chi connectivity index (χ2v) is 10.6. The predicted molar refractivity (Wildman–Crippen MR) is 160 cm³/mol. The molecule has 0 radical (unpaired) electrons. The fourth-order valence-electron chi connectivity index (χ4n) is 6.00. The Morgan fingerprint density at radius 2 is 1.18 bits per heavy atom. The number of fused-ring (bicyclic) bond motifs is 12. The van der Waals surface area contributed by atoms with Crippen LogP contribution in [0.5, 0.6) is 0 Å². The van der Waals surface area contributed by atoms with E-state index in [1.165, 1.54) is 43.4 Å². The van der Waals surface area contributed by atoms with Crippen molar-refractivity contribution in [3.05, 3.63) is 85.0 Å². The molecule has 2 N–H and O–H groups in total. The van der Waals surface area contributed by atoms with Gasteiger partial charge in [0.1, 0.15) is 11.6 Å². The minimum Gasteiger partial charge on any atom is -0.341 e. The van der Waals surface area contributed by atoms with Crippen LogP contribution in [0.25, 0.3) is 76.3 Å². The van der Waals surface area contributed by atoms with Crippen LogP contribution in [0, 0.1) is 0 Å². The second kappa shape index (κ2) is 8.08. The number of aromatic amines is 2. The van der Waals surface area contributed by atoms with Gasteiger partial charge in [-0.3, -0.25) is 9.97 Å². The van der Waals surface area contributed by atoms with Gasteiger partial charge in [0.25, 0.3) is 0 Å². The predicted octanol–water partition coefficient (Wildman–Crippen LogP) is 8.19. The van der Waals surface area contributed by atoms with Crippen molar-refractivity contribution in [1.29, 1.82) is 0 Å². The minimum atomic E-state index is 0.316. The van der Waals surface area contributed by atoms with Crippen molar-refractivity contribution < 1.29 is 0 Å². The highest BCUT2D eigenvalue weighted by molar-refractivity contribution is 6.25. The average molecular weight is 507 g/mol. The smallest absolute Gasteiger partial charge is 0.109 e. The van der Waals surface area contributed by atoms with E-state index >= 15 is 0 Å². The molecule has 4 aromatic carbocycles. The molecule has 39 heavy (non-hydrogen) atoms. The Kier molecular flexibility index (Phi) is 4.59. The molecule has 0 aliphatic carbocycles. The summed E-state index contributed by atoms with van der Waals surface area (Å²) in [5.74, 6) is 2.31. The number of hydrogen-bond acceptors (Lipinski definition) is 4. The van der Waals surface area contributed by atoms with Gasteiger partial charge in [-0.2, -0.15) is 0 Å². The molecule has 4 heterocycles.